The molecule has 1 aromatic carbocycles. The largest absolute Gasteiger partial charge is 0.317 e. The first-order valence-corrected chi connectivity index (χ1v) is 8.77. The van der Waals surface area contributed by atoms with E-state index < -0.39 is 0 Å². The normalized spacial score (nSPS) is 26.2. The summed E-state index contributed by atoms with van der Waals surface area (Å²) in [6, 6.07) is 7.37. The molecule has 0 radical (unpaired) electrons. The lowest BCUT2D eigenvalue weighted by Gasteiger charge is -2.55. The molecule has 0 unspecified atom stereocenters. The van der Waals surface area contributed by atoms with Gasteiger partial charge in [-0.25, -0.2) is 0 Å². The standard InChI is InChI=1S/C18H23N5/c1-4-17(22-12-18(13-22)5-7-19-8-6-18)16-3-2-15(11-14(1)16)23-20-9-10-21-23/h2-3,9-11,17,19H,1,4-8,12-13H2/t17-/m1/s1. The predicted molar refractivity (Wildman–Crippen MR) is 88.5 cm³/mol. The van der Waals surface area contributed by atoms with Crippen LogP contribution < -0.4 is 5.32 Å². The van der Waals surface area contributed by atoms with Crippen LogP contribution in [0.2, 0.25) is 0 Å². The molecule has 2 fully saturated rings. The highest BCUT2D eigenvalue weighted by atomic mass is 15.5. The van der Waals surface area contributed by atoms with Crippen molar-refractivity contribution in [3.8, 4) is 5.69 Å². The van der Waals surface area contributed by atoms with Crippen LogP contribution in [-0.2, 0) is 6.42 Å². The number of hydrogen-bond acceptors (Lipinski definition) is 4. The van der Waals surface area contributed by atoms with Crippen LogP contribution in [0.3, 0.4) is 0 Å². The minimum absolute atomic E-state index is 0.618. The molecule has 23 heavy (non-hydrogen) atoms. The Labute approximate surface area is 136 Å². The average molecular weight is 309 g/mol. The van der Waals surface area contributed by atoms with Gasteiger partial charge in [-0.1, -0.05) is 6.07 Å². The second kappa shape index (κ2) is 5.14. The van der Waals surface area contributed by atoms with Crippen LogP contribution in [0.15, 0.2) is 30.6 Å². The number of nitrogens with zero attached hydrogens (tertiary/aromatic N) is 4. The molecule has 1 N–H and O–H groups in total. The Kier molecular flexibility index (Phi) is 3.06. The van der Waals surface area contributed by atoms with Crippen LogP contribution in [0.1, 0.15) is 36.4 Å². The molecule has 3 heterocycles. The number of nitrogens with one attached hydrogen (secondary N) is 1. The van der Waals surface area contributed by atoms with Crippen molar-refractivity contribution in [2.75, 3.05) is 26.2 Å². The number of rotatable bonds is 2. The molecule has 120 valence electrons. The van der Waals surface area contributed by atoms with Crippen molar-refractivity contribution >= 4 is 0 Å². The van der Waals surface area contributed by atoms with Gasteiger partial charge in [-0.05, 0) is 67.4 Å². The molecular formula is C18H23N5. The first-order valence-electron chi connectivity index (χ1n) is 8.77. The number of benzene rings is 1. The third-order valence-electron chi connectivity index (χ3n) is 6.00. The second-order valence-electron chi connectivity index (χ2n) is 7.41. The molecule has 1 aliphatic carbocycles. The highest BCUT2D eigenvalue weighted by Crippen LogP contribution is 2.46. The minimum atomic E-state index is 0.618. The molecule has 5 heteroatoms. The van der Waals surface area contributed by atoms with Crippen molar-refractivity contribution in [1.29, 1.82) is 0 Å². The van der Waals surface area contributed by atoms with Gasteiger partial charge in [0.05, 0.1) is 18.1 Å². The van der Waals surface area contributed by atoms with E-state index in [1.807, 2.05) is 0 Å². The van der Waals surface area contributed by atoms with Gasteiger partial charge in [0, 0.05) is 19.1 Å². The Morgan fingerprint density at radius 3 is 2.65 bits per heavy atom. The number of hydrogen-bond donors (Lipinski definition) is 1. The fraction of sp³-hybridized carbons (Fsp3) is 0.556. The predicted octanol–water partition coefficient (Wildman–Crippen LogP) is 1.94. The number of aryl methyl sites for hydroxylation is 1. The van der Waals surface area contributed by atoms with Gasteiger partial charge >= 0.3 is 0 Å². The molecule has 0 saturated carbocycles. The zero-order valence-electron chi connectivity index (χ0n) is 13.4. The minimum Gasteiger partial charge on any atom is -0.317 e. The van der Waals surface area contributed by atoms with Crippen LogP contribution in [0, 0.1) is 5.41 Å². The summed E-state index contributed by atoms with van der Waals surface area (Å²) in [6.45, 7) is 4.99. The Morgan fingerprint density at radius 1 is 1.09 bits per heavy atom. The highest BCUT2D eigenvalue weighted by molar-refractivity contribution is 5.43. The van der Waals surface area contributed by atoms with Gasteiger partial charge in [-0.2, -0.15) is 15.0 Å². The molecule has 0 bridgehead atoms. The van der Waals surface area contributed by atoms with E-state index in [-0.39, 0.29) is 0 Å². The summed E-state index contributed by atoms with van der Waals surface area (Å²) >= 11 is 0. The number of fused-ring (bicyclic) bond motifs is 1. The van der Waals surface area contributed by atoms with E-state index in [2.05, 4.69) is 38.6 Å². The van der Waals surface area contributed by atoms with Gasteiger partial charge in [0.1, 0.15) is 0 Å². The van der Waals surface area contributed by atoms with Crippen molar-refractivity contribution in [3.05, 3.63) is 41.7 Å². The Bertz CT molecular complexity index is 694. The molecule has 5 rings (SSSR count). The van der Waals surface area contributed by atoms with Crippen LogP contribution in [-0.4, -0.2) is 46.1 Å². The van der Waals surface area contributed by atoms with Gasteiger partial charge in [0.25, 0.3) is 0 Å². The van der Waals surface area contributed by atoms with Crippen LogP contribution in [0.25, 0.3) is 5.69 Å². The van der Waals surface area contributed by atoms with E-state index in [1.165, 1.54) is 63.0 Å². The number of aromatic nitrogens is 3. The zero-order valence-corrected chi connectivity index (χ0v) is 13.4. The molecule has 1 atom stereocenters. The summed E-state index contributed by atoms with van der Waals surface area (Å²) in [7, 11) is 0. The highest BCUT2D eigenvalue weighted by Gasteiger charge is 2.46. The molecule has 3 aliphatic rings. The monoisotopic (exact) mass is 309 g/mol. The quantitative estimate of drug-likeness (QED) is 0.921. The molecule has 2 aliphatic heterocycles. The lowest BCUT2D eigenvalue weighted by molar-refractivity contribution is -0.0512. The Balaban J connectivity index is 1.34. The van der Waals surface area contributed by atoms with Crippen molar-refractivity contribution < 1.29 is 0 Å². The first kappa shape index (κ1) is 13.7. The third-order valence-corrected chi connectivity index (χ3v) is 6.00. The maximum absolute atomic E-state index is 4.24. The molecule has 2 saturated heterocycles. The lowest BCUT2D eigenvalue weighted by Crippen LogP contribution is -2.60. The summed E-state index contributed by atoms with van der Waals surface area (Å²) in [6.07, 6.45) is 8.61. The topological polar surface area (TPSA) is 46.0 Å². The van der Waals surface area contributed by atoms with E-state index in [4.69, 9.17) is 0 Å². The molecule has 5 nitrogen and oxygen atoms in total. The van der Waals surface area contributed by atoms with Gasteiger partial charge in [-0.3, -0.25) is 4.90 Å². The fourth-order valence-corrected chi connectivity index (χ4v) is 4.74. The van der Waals surface area contributed by atoms with E-state index in [1.54, 1.807) is 17.2 Å². The van der Waals surface area contributed by atoms with Gasteiger partial charge < -0.3 is 5.32 Å². The van der Waals surface area contributed by atoms with E-state index in [9.17, 15) is 0 Å². The maximum Gasteiger partial charge on any atom is 0.0859 e. The SMILES string of the molecule is c1cnn(-c2ccc3c(c2)CC[C@H]3N2CC3(CCNCC3)C2)n1. The summed E-state index contributed by atoms with van der Waals surface area (Å²) < 4.78 is 0. The molecule has 1 spiro atoms. The van der Waals surface area contributed by atoms with Crippen LogP contribution in [0.5, 0.6) is 0 Å². The fourth-order valence-electron chi connectivity index (χ4n) is 4.74. The summed E-state index contributed by atoms with van der Waals surface area (Å²) in [4.78, 5) is 4.42. The number of piperidine rings is 1. The van der Waals surface area contributed by atoms with Gasteiger partial charge in [0.15, 0.2) is 0 Å². The molecular weight excluding hydrogens is 286 g/mol. The maximum atomic E-state index is 4.24. The van der Waals surface area contributed by atoms with Crippen molar-refractivity contribution in [1.82, 2.24) is 25.2 Å². The molecule has 1 aromatic heterocycles. The lowest BCUT2D eigenvalue weighted by atomic mass is 9.71. The van der Waals surface area contributed by atoms with E-state index in [0.717, 1.165) is 5.69 Å². The average Bonchev–Trinajstić information content (AvgIpc) is 3.22. The van der Waals surface area contributed by atoms with Crippen molar-refractivity contribution in [2.45, 2.75) is 31.7 Å². The second-order valence-corrected chi connectivity index (χ2v) is 7.41. The summed E-state index contributed by atoms with van der Waals surface area (Å²) in [5, 5.41) is 12.0. The zero-order chi connectivity index (χ0) is 15.3. The number of likely N-dealkylation sites (tertiary alicyclic amines) is 1. The summed E-state index contributed by atoms with van der Waals surface area (Å²) in [5.74, 6) is 0. The van der Waals surface area contributed by atoms with Crippen LogP contribution >= 0.6 is 0 Å². The summed E-state index contributed by atoms with van der Waals surface area (Å²) in [5.41, 5.74) is 4.71. The molecule has 0 amide bonds. The smallest absolute Gasteiger partial charge is 0.0859 e. The van der Waals surface area contributed by atoms with E-state index >= 15 is 0 Å². The molecule has 2 aromatic rings. The van der Waals surface area contributed by atoms with Gasteiger partial charge in [0.2, 0.25) is 0 Å². The van der Waals surface area contributed by atoms with Crippen molar-refractivity contribution in [2.24, 2.45) is 5.41 Å². The van der Waals surface area contributed by atoms with Crippen molar-refractivity contribution in [3.63, 3.8) is 0 Å². The Hall–Kier alpha value is -1.72. The first-order chi connectivity index (χ1) is 11.3. The van der Waals surface area contributed by atoms with Gasteiger partial charge in [-0.15, -0.1) is 0 Å². The Morgan fingerprint density at radius 2 is 1.87 bits per heavy atom. The third kappa shape index (κ3) is 2.22. The van der Waals surface area contributed by atoms with E-state index in [0.29, 0.717) is 11.5 Å². The van der Waals surface area contributed by atoms with Crippen LogP contribution in [0.4, 0.5) is 0 Å².